The highest BCUT2D eigenvalue weighted by Crippen LogP contribution is 2.42. The Balaban J connectivity index is 1.91. The lowest BCUT2D eigenvalue weighted by atomic mass is 9.97. The van der Waals surface area contributed by atoms with Gasteiger partial charge in [0.25, 0.3) is 0 Å². The molecule has 5 rings (SSSR count). The fraction of sp³-hybridized carbons (Fsp3) is 0.125. The van der Waals surface area contributed by atoms with Crippen LogP contribution in [0.4, 0.5) is 22.7 Å². The maximum Gasteiger partial charge on any atom is 0.0994 e. The quantitative estimate of drug-likeness (QED) is 0.179. The van der Waals surface area contributed by atoms with Gasteiger partial charge in [-0.05, 0) is 36.4 Å². The SMILES string of the molecule is CNc1ccc(NC)c(-c2nc(-c3ccccc3)c(-c3cc(NC)ccc3NC)nc2-c2ccccc2)c1. The van der Waals surface area contributed by atoms with Crippen LogP contribution in [0.1, 0.15) is 0 Å². The summed E-state index contributed by atoms with van der Waals surface area (Å²) in [6, 6.07) is 33.0. The molecule has 0 aliphatic heterocycles. The summed E-state index contributed by atoms with van der Waals surface area (Å²) in [4.78, 5) is 10.8. The average Bonchev–Trinajstić information content (AvgIpc) is 3.00. The number of benzene rings is 4. The van der Waals surface area contributed by atoms with Crippen molar-refractivity contribution in [3.63, 3.8) is 0 Å². The summed E-state index contributed by atoms with van der Waals surface area (Å²) in [5.41, 5.74) is 11.2. The van der Waals surface area contributed by atoms with E-state index in [0.717, 1.165) is 67.8 Å². The number of aromatic nitrogens is 2. The minimum absolute atomic E-state index is 0.816. The zero-order valence-electron chi connectivity index (χ0n) is 22.1. The minimum atomic E-state index is 0.816. The Labute approximate surface area is 224 Å². The van der Waals surface area contributed by atoms with Crippen molar-refractivity contribution in [3.05, 3.63) is 97.1 Å². The normalized spacial score (nSPS) is 10.6. The van der Waals surface area contributed by atoms with Crippen LogP contribution in [0, 0.1) is 0 Å². The predicted molar refractivity (Wildman–Crippen MR) is 162 cm³/mol. The van der Waals surface area contributed by atoms with Gasteiger partial charge in [-0.1, -0.05) is 60.7 Å². The summed E-state index contributed by atoms with van der Waals surface area (Å²) in [7, 11) is 7.72. The van der Waals surface area contributed by atoms with Gasteiger partial charge in [0, 0.05) is 73.2 Å². The lowest BCUT2D eigenvalue weighted by Gasteiger charge is -2.20. The molecule has 1 aromatic heterocycles. The third-order valence-corrected chi connectivity index (χ3v) is 6.66. The third kappa shape index (κ3) is 4.76. The van der Waals surface area contributed by atoms with E-state index in [1.165, 1.54) is 0 Å². The first-order valence-electron chi connectivity index (χ1n) is 12.7. The third-order valence-electron chi connectivity index (χ3n) is 6.66. The van der Waals surface area contributed by atoms with Crippen LogP contribution >= 0.6 is 0 Å². The van der Waals surface area contributed by atoms with Crippen molar-refractivity contribution in [3.8, 4) is 45.0 Å². The Morgan fingerprint density at radius 3 is 1.16 bits per heavy atom. The van der Waals surface area contributed by atoms with Crippen LogP contribution in [0.3, 0.4) is 0 Å². The average molecular weight is 501 g/mol. The van der Waals surface area contributed by atoms with Gasteiger partial charge in [0.05, 0.1) is 22.8 Å². The number of rotatable bonds is 8. The van der Waals surface area contributed by atoms with E-state index >= 15 is 0 Å². The van der Waals surface area contributed by atoms with Gasteiger partial charge in [-0.2, -0.15) is 0 Å². The summed E-state index contributed by atoms with van der Waals surface area (Å²) >= 11 is 0. The monoisotopic (exact) mass is 500 g/mol. The standard InChI is InChI=1S/C32H32N6/c1-33-23-15-17-27(35-3)25(19-23)31-29(21-11-7-5-8-12-21)38-32(30(37-31)22-13-9-6-10-14-22)26-20-24(34-2)16-18-28(26)36-4/h5-20,33-36H,1-4H3. The van der Waals surface area contributed by atoms with Gasteiger partial charge < -0.3 is 21.3 Å². The molecule has 4 N–H and O–H groups in total. The molecule has 190 valence electrons. The molecule has 0 amide bonds. The Bertz CT molecular complexity index is 1430. The second kappa shape index (κ2) is 11.0. The Morgan fingerprint density at radius 2 is 0.816 bits per heavy atom. The van der Waals surface area contributed by atoms with Gasteiger partial charge >= 0.3 is 0 Å². The van der Waals surface area contributed by atoms with E-state index < -0.39 is 0 Å². The smallest absolute Gasteiger partial charge is 0.0994 e. The van der Waals surface area contributed by atoms with E-state index in [1.807, 2.05) is 64.6 Å². The Hall–Kier alpha value is -4.84. The first kappa shape index (κ1) is 24.8. The maximum absolute atomic E-state index is 5.40. The fourth-order valence-corrected chi connectivity index (χ4v) is 4.63. The topological polar surface area (TPSA) is 73.9 Å². The van der Waals surface area contributed by atoms with Crippen LogP contribution < -0.4 is 21.3 Å². The molecule has 4 aromatic carbocycles. The zero-order valence-corrected chi connectivity index (χ0v) is 22.1. The number of hydrogen-bond acceptors (Lipinski definition) is 6. The lowest BCUT2D eigenvalue weighted by molar-refractivity contribution is 1.21. The Morgan fingerprint density at radius 1 is 0.421 bits per heavy atom. The van der Waals surface area contributed by atoms with Crippen molar-refractivity contribution >= 4 is 22.7 Å². The molecule has 0 atom stereocenters. The van der Waals surface area contributed by atoms with Gasteiger partial charge in [-0.15, -0.1) is 0 Å². The molecule has 0 saturated carbocycles. The lowest BCUT2D eigenvalue weighted by Crippen LogP contribution is -2.04. The van der Waals surface area contributed by atoms with Gasteiger partial charge in [-0.3, -0.25) is 0 Å². The summed E-state index contributed by atoms with van der Waals surface area (Å²) in [6.45, 7) is 0. The largest absolute Gasteiger partial charge is 0.388 e. The zero-order chi connectivity index (χ0) is 26.5. The highest BCUT2D eigenvalue weighted by molar-refractivity contribution is 5.93. The minimum Gasteiger partial charge on any atom is -0.388 e. The van der Waals surface area contributed by atoms with Crippen molar-refractivity contribution in [1.29, 1.82) is 0 Å². The molecule has 0 radical (unpaired) electrons. The Kier molecular flexibility index (Phi) is 7.22. The van der Waals surface area contributed by atoms with E-state index in [9.17, 15) is 0 Å². The molecule has 6 nitrogen and oxygen atoms in total. The molecular formula is C32H32N6. The number of hydrogen-bond donors (Lipinski definition) is 4. The van der Waals surface area contributed by atoms with E-state index in [1.54, 1.807) is 0 Å². The molecule has 0 fully saturated rings. The highest BCUT2D eigenvalue weighted by atomic mass is 14.9. The molecule has 0 aliphatic carbocycles. The summed E-state index contributed by atoms with van der Waals surface area (Å²) in [5.74, 6) is 0. The van der Waals surface area contributed by atoms with Gasteiger partial charge in [0.1, 0.15) is 0 Å². The molecule has 1 heterocycles. The molecule has 0 aliphatic rings. The van der Waals surface area contributed by atoms with Crippen molar-refractivity contribution in [1.82, 2.24) is 9.97 Å². The van der Waals surface area contributed by atoms with Crippen LogP contribution in [0.2, 0.25) is 0 Å². The van der Waals surface area contributed by atoms with Gasteiger partial charge in [0.15, 0.2) is 0 Å². The molecular weight excluding hydrogens is 468 g/mol. The molecule has 0 saturated heterocycles. The van der Waals surface area contributed by atoms with Crippen molar-refractivity contribution < 1.29 is 0 Å². The molecule has 38 heavy (non-hydrogen) atoms. The molecule has 5 aromatic rings. The maximum atomic E-state index is 5.40. The summed E-state index contributed by atoms with van der Waals surface area (Å²) < 4.78 is 0. The summed E-state index contributed by atoms with van der Waals surface area (Å²) in [6.07, 6.45) is 0. The van der Waals surface area contributed by atoms with E-state index in [0.29, 0.717) is 0 Å². The van der Waals surface area contributed by atoms with Crippen LogP contribution in [-0.2, 0) is 0 Å². The van der Waals surface area contributed by atoms with Crippen LogP contribution in [0.25, 0.3) is 45.0 Å². The highest BCUT2D eigenvalue weighted by Gasteiger charge is 2.22. The molecule has 0 bridgehead atoms. The van der Waals surface area contributed by atoms with E-state index in [-0.39, 0.29) is 0 Å². The van der Waals surface area contributed by atoms with E-state index in [4.69, 9.17) is 9.97 Å². The molecule has 0 spiro atoms. The van der Waals surface area contributed by atoms with Gasteiger partial charge in [0.2, 0.25) is 0 Å². The van der Waals surface area contributed by atoms with Crippen LogP contribution in [0.15, 0.2) is 97.1 Å². The van der Waals surface area contributed by atoms with Crippen LogP contribution in [-0.4, -0.2) is 38.2 Å². The number of nitrogens with zero attached hydrogens (tertiary/aromatic N) is 2. The van der Waals surface area contributed by atoms with E-state index in [2.05, 4.69) is 81.9 Å². The first-order valence-corrected chi connectivity index (χ1v) is 12.7. The predicted octanol–water partition coefficient (Wildman–Crippen LogP) is 7.31. The number of nitrogens with one attached hydrogen (secondary N) is 4. The first-order chi connectivity index (χ1) is 18.7. The van der Waals surface area contributed by atoms with Crippen LogP contribution in [0.5, 0.6) is 0 Å². The van der Waals surface area contributed by atoms with Crippen molar-refractivity contribution in [2.75, 3.05) is 49.5 Å². The van der Waals surface area contributed by atoms with Gasteiger partial charge in [-0.25, -0.2) is 9.97 Å². The number of anilines is 4. The second-order valence-electron chi connectivity index (χ2n) is 8.87. The van der Waals surface area contributed by atoms with Crippen molar-refractivity contribution in [2.45, 2.75) is 0 Å². The van der Waals surface area contributed by atoms with Crippen molar-refractivity contribution in [2.24, 2.45) is 0 Å². The fourth-order valence-electron chi connectivity index (χ4n) is 4.63. The molecule has 0 unspecified atom stereocenters. The summed E-state index contributed by atoms with van der Waals surface area (Å²) in [5, 5.41) is 13.2. The second-order valence-corrected chi connectivity index (χ2v) is 8.87. The molecule has 6 heteroatoms.